The van der Waals surface area contributed by atoms with Crippen molar-refractivity contribution in [1.82, 2.24) is 4.90 Å². The quantitative estimate of drug-likeness (QED) is 0.671. The van der Waals surface area contributed by atoms with Crippen molar-refractivity contribution in [1.29, 1.82) is 0 Å². The highest BCUT2D eigenvalue weighted by Gasteiger charge is 2.20. The monoisotopic (exact) mass is 416 g/mol. The molecule has 0 spiro atoms. The molecular weight excluding hydrogens is 392 g/mol. The number of benzene rings is 2. The number of anilines is 1. The van der Waals surface area contributed by atoms with E-state index in [1.54, 1.807) is 33.5 Å². The topological polar surface area (TPSA) is 51.2 Å². The van der Waals surface area contributed by atoms with Gasteiger partial charge in [-0.25, -0.2) is 0 Å². The third-order valence-corrected chi connectivity index (χ3v) is 5.11. The van der Waals surface area contributed by atoms with E-state index in [0.29, 0.717) is 35.4 Å². The average molecular weight is 417 g/mol. The molecule has 2 aromatic rings. The van der Waals surface area contributed by atoms with E-state index in [2.05, 4.69) is 4.90 Å². The normalized spacial score (nSPS) is 14.2. The van der Waals surface area contributed by atoms with Crippen molar-refractivity contribution < 1.29 is 19.0 Å². The maximum Gasteiger partial charge on any atom is 0.246 e. The number of rotatable bonds is 6. The summed E-state index contributed by atoms with van der Waals surface area (Å²) < 4.78 is 16.0. The number of ether oxygens (including phenoxy) is 3. The molecule has 1 amide bonds. The summed E-state index contributed by atoms with van der Waals surface area (Å²) in [6.45, 7) is 2.85. The third-order valence-electron chi connectivity index (χ3n) is 4.87. The average Bonchev–Trinajstić information content (AvgIpc) is 2.76. The summed E-state index contributed by atoms with van der Waals surface area (Å²) in [5.41, 5.74) is 1.88. The summed E-state index contributed by atoms with van der Waals surface area (Å²) in [4.78, 5) is 16.7. The fourth-order valence-corrected chi connectivity index (χ4v) is 3.51. The first-order valence-electron chi connectivity index (χ1n) is 9.33. The molecule has 1 fully saturated rings. The zero-order valence-corrected chi connectivity index (χ0v) is 17.6. The zero-order chi connectivity index (χ0) is 20.8. The molecular formula is C22H25ClN2O4. The first-order valence-corrected chi connectivity index (χ1v) is 9.71. The Morgan fingerprint density at radius 2 is 1.62 bits per heavy atom. The van der Waals surface area contributed by atoms with Crippen LogP contribution in [0.1, 0.15) is 5.56 Å². The smallest absolute Gasteiger partial charge is 0.246 e. The predicted molar refractivity (Wildman–Crippen MR) is 115 cm³/mol. The minimum absolute atomic E-state index is 0.0236. The predicted octanol–water partition coefficient (Wildman–Crippen LogP) is 3.73. The molecule has 29 heavy (non-hydrogen) atoms. The van der Waals surface area contributed by atoms with E-state index in [1.165, 1.54) is 0 Å². The van der Waals surface area contributed by atoms with E-state index in [4.69, 9.17) is 25.8 Å². The SMILES string of the molecule is COc1cc(C=CC(=O)N2CCN(c3cccc(Cl)c3)CC2)cc(OC)c1OC. The Balaban J connectivity index is 1.64. The van der Waals surface area contributed by atoms with Crippen molar-refractivity contribution in [2.24, 2.45) is 0 Å². The number of piperazine rings is 1. The summed E-state index contributed by atoms with van der Waals surface area (Å²) in [5.74, 6) is 1.60. The fraction of sp³-hybridized carbons (Fsp3) is 0.318. The van der Waals surface area contributed by atoms with E-state index < -0.39 is 0 Å². The number of amides is 1. The van der Waals surface area contributed by atoms with Gasteiger partial charge in [0, 0.05) is 43.0 Å². The van der Waals surface area contributed by atoms with E-state index in [-0.39, 0.29) is 5.91 Å². The van der Waals surface area contributed by atoms with Gasteiger partial charge in [-0.3, -0.25) is 4.79 Å². The van der Waals surface area contributed by atoms with E-state index in [0.717, 1.165) is 24.3 Å². The van der Waals surface area contributed by atoms with Gasteiger partial charge in [0.1, 0.15) is 0 Å². The number of halogens is 1. The van der Waals surface area contributed by atoms with Gasteiger partial charge in [0.2, 0.25) is 11.7 Å². The van der Waals surface area contributed by atoms with Crippen molar-refractivity contribution in [3.05, 3.63) is 53.1 Å². The van der Waals surface area contributed by atoms with E-state index >= 15 is 0 Å². The van der Waals surface area contributed by atoms with Gasteiger partial charge in [0.05, 0.1) is 21.3 Å². The summed E-state index contributed by atoms with van der Waals surface area (Å²) in [7, 11) is 4.69. The van der Waals surface area contributed by atoms with Crippen LogP contribution in [0.4, 0.5) is 5.69 Å². The molecule has 0 saturated carbocycles. The molecule has 1 aliphatic rings. The second-order valence-corrected chi connectivity index (χ2v) is 7.02. The molecule has 0 aliphatic carbocycles. The molecule has 0 unspecified atom stereocenters. The molecule has 0 atom stereocenters. The Labute approximate surface area is 176 Å². The van der Waals surface area contributed by atoms with E-state index in [9.17, 15) is 4.79 Å². The van der Waals surface area contributed by atoms with Gasteiger partial charge in [-0.15, -0.1) is 0 Å². The molecule has 1 aliphatic heterocycles. The molecule has 2 aromatic carbocycles. The number of hydrogen-bond donors (Lipinski definition) is 0. The molecule has 6 nitrogen and oxygen atoms in total. The van der Waals surface area contributed by atoms with Crippen LogP contribution < -0.4 is 19.1 Å². The zero-order valence-electron chi connectivity index (χ0n) is 16.9. The Morgan fingerprint density at radius 3 is 2.17 bits per heavy atom. The van der Waals surface area contributed by atoms with Crippen LogP contribution in [-0.2, 0) is 4.79 Å². The van der Waals surface area contributed by atoms with Gasteiger partial charge in [-0.1, -0.05) is 17.7 Å². The first kappa shape index (κ1) is 20.9. The van der Waals surface area contributed by atoms with Gasteiger partial charge >= 0.3 is 0 Å². The Morgan fingerprint density at radius 1 is 0.966 bits per heavy atom. The lowest BCUT2D eigenvalue weighted by Crippen LogP contribution is -2.48. The molecule has 3 rings (SSSR count). The summed E-state index contributed by atoms with van der Waals surface area (Å²) in [6, 6.07) is 11.4. The second-order valence-electron chi connectivity index (χ2n) is 6.58. The highest BCUT2D eigenvalue weighted by Crippen LogP contribution is 2.38. The van der Waals surface area contributed by atoms with Crippen LogP contribution in [0.2, 0.25) is 5.02 Å². The molecule has 1 heterocycles. The molecule has 0 bridgehead atoms. The van der Waals surface area contributed by atoms with Crippen LogP contribution in [0.15, 0.2) is 42.5 Å². The first-order chi connectivity index (χ1) is 14.0. The van der Waals surface area contributed by atoms with Gasteiger partial charge in [-0.05, 0) is 42.0 Å². The van der Waals surface area contributed by atoms with Crippen LogP contribution in [0.25, 0.3) is 6.08 Å². The number of carbonyl (C=O) groups excluding carboxylic acids is 1. The molecule has 0 N–H and O–H groups in total. The molecule has 0 aromatic heterocycles. The van der Waals surface area contributed by atoms with E-state index in [1.807, 2.05) is 41.3 Å². The van der Waals surface area contributed by atoms with Gasteiger partial charge < -0.3 is 24.0 Å². The third kappa shape index (κ3) is 4.95. The van der Waals surface area contributed by atoms with Crippen molar-refractivity contribution in [2.75, 3.05) is 52.4 Å². The Hall–Kier alpha value is -2.86. The molecule has 1 saturated heterocycles. The second kappa shape index (κ2) is 9.56. The van der Waals surface area contributed by atoms with Crippen LogP contribution in [0.5, 0.6) is 17.2 Å². The van der Waals surface area contributed by atoms with Crippen molar-refractivity contribution >= 4 is 29.3 Å². The summed E-state index contributed by atoms with van der Waals surface area (Å²) in [5, 5.41) is 0.717. The van der Waals surface area contributed by atoms with Crippen LogP contribution in [-0.4, -0.2) is 58.3 Å². The van der Waals surface area contributed by atoms with Crippen molar-refractivity contribution in [3.63, 3.8) is 0 Å². The standard InChI is InChI=1S/C22H25ClN2O4/c1-27-19-13-16(14-20(28-2)22(19)29-3)7-8-21(26)25-11-9-24(10-12-25)18-6-4-5-17(23)15-18/h4-8,13-15H,9-12H2,1-3H3. The molecule has 154 valence electrons. The molecule has 0 radical (unpaired) electrons. The Bertz CT molecular complexity index is 867. The van der Waals surface area contributed by atoms with Crippen molar-refractivity contribution in [2.45, 2.75) is 0 Å². The lowest BCUT2D eigenvalue weighted by atomic mass is 10.1. The van der Waals surface area contributed by atoms with Crippen LogP contribution >= 0.6 is 11.6 Å². The maximum atomic E-state index is 12.6. The minimum atomic E-state index is -0.0236. The minimum Gasteiger partial charge on any atom is -0.493 e. The summed E-state index contributed by atoms with van der Waals surface area (Å²) in [6.07, 6.45) is 3.34. The highest BCUT2D eigenvalue weighted by atomic mass is 35.5. The fourth-order valence-electron chi connectivity index (χ4n) is 3.33. The largest absolute Gasteiger partial charge is 0.493 e. The number of methoxy groups -OCH3 is 3. The van der Waals surface area contributed by atoms with Gasteiger partial charge in [-0.2, -0.15) is 0 Å². The maximum absolute atomic E-state index is 12.6. The van der Waals surface area contributed by atoms with Crippen molar-refractivity contribution in [3.8, 4) is 17.2 Å². The lowest BCUT2D eigenvalue weighted by molar-refractivity contribution is -0.126. The highest BCUT2D eigenvalue weighted by molar-refractivity contribution is 6.30. The van der Waals surface area contributed by atoms with Crippen LogP contribution in [0.3, 0.4) is 0 Å². The van der Waals surface area contributed by atoms with Gasteiger partial charge in [0.25, 0.3) is 0 Å². The number of hydrogen-bond acceptors (Lipinski definition) is 5. The summed E-state index contributed by atoms with van der Waals surface area (Å²) >= 11 is 6.08. The van der Waals surface area contributed by atoms with Crippen LogP contribution in [0, 0.1) is 0 Å². The number of carbonyl (C=O) groups is 1. The Kier molecular flexibility index (Phi) is 6.88. The molecule has 7 heteroatoms. The van der Waals surface area contributed by atoms with Gasteiger partial charge in [0.15, 0.2) is 11.5 Å². The lowest BCUT2D eigenvalue weighted by Gasteiger charge is -2.35. The number of nitrogens with zero attached hydrogens (tertiary/aromatic N) is 2.